The fraction of sp³-hybridized carbons (Fsp3) is 0.214. The fourth-order valence-electron chi connectivity index (χ4n) is 2.72. The van der Waals surface area contributed by atoms with Gasteiger partial charge in [-0.05, 0) is 36.0 Å². The molecular formula is C14H10ClFN4. The van der Waals surface area contributed by atoms with Crippen molar-refractivity contribution in [2.75, 3.05) is 0 Å². The summed E-state index contributed by atoms with van der Waals surface area (Å²) in [7, 11) is 0. The fourth-order valence-corrected chi connectivity index (χ4v) is 2.92. The second-order valence-corrected chi connectivity index (χ2v) is 5.39. The summed E-state index contributed by atoms with van der Waals surface area (Å²) in [4.78, 5) is 8.23. The van der Waals surface area contributed by atoms with E-state index >= 15 is 0 Å². The van der Waals surface area contributed by atoms with Gasteiger partial charge in [0.25, 0.3) is 0 Å². The molecule has 100 valence electrons. The maximum atomic E-state index is 13.2. The van der Waals surface area contributed by atoms with Crippen molar-refractivity contribution in [2.45, 2.75) is 18.3 Å². The molecule has 6 heteroatoms. The van der Waals surface area contributed by atoms with Crippen LogP contribution in [0.3, 0.4) is 0 Å². The first-order valence-electron chi connectivity index (χ1n) is 6.32. The largest absolute Gasteiger partial charge is 0.261 e. The van der Waals surface area contributed by atoms with E-state index in [0.29, 0.717) is 11.1 Å². The first kappa shape index (κ1) is 11.8. The highest BCUT2D eigenvalue weighted by Crippen LogP contribution is 2.55. The second kappa shape index (κ2) is 4.24. The zero-order valence-corrected chi connectivity index (χ0v) is 11.1. The van der Waals surface area contributed by atoms with Crippen molar-refractivity contribution in [2.24, 2.45) is 0 Å². The summed E-state index contributed by atoms with van der Waals surface area (Å²) >= 11 is 6.04. The maximum absolute atomic E-state index is 13.2. The molecule has 2 atom stereocenters. The summed E-state index contributed by atoms with van der Waals surface area (Å²) in [5, 5.41) is 4.60. The zero-order valence-electron chi connectivity index (χ0n) is 10.4. The Balaban J connectivity index is 1.74. The highest BCUT2D eigenvalue weighted by Gasteiger charge is 2.41. The predicted molar refractivity (Wildman–Crippen MR) is 72.3 cm³/mol. The molecule has 4 nitrogen and oxygen atoms in total. The Morgan fingerprint density at radius 2 is 2.15 bits per heavy atom. The summed E-state index contributed by atoms with van der Waals surface area (Å²) in [5.41, 5.74) is 2.79. The third kappa shape index (κ3) is 1.86. The Morgan fingerprint density at radius 1 is 1.25 bits per heavy atom. The van der Waals surface area contributed by atoms with Crippen molar-refractivity contribution in [1.29, 1.82) is 0 Å². The third-order valence-electron chi connectivity index (χ3n) is 3.70. The predicted octanol–water partition coefficient (Wildman–Crippen LogP) is 3.19. The minimum atomic E-state index is -0.299. The van der Waals surface area contributed by atoms with Crippen LogP contribution in [0.4, 0.5) is 4.39 Å². The average Bonchev–Trinajstić information content (AvgIpc) is 3.09. The van der Waals surface area contributed by atoms with Gasteiger partial charge in [-0.2, -0.15) is 5.10 Å². The lowest BCUT2D eigenvalue weighted by Gasteiger charge is -2.04. The molecule has 0 aromatic carbocycles. The van der Waals surface area contributed by atoms with Gasteiger partial charge in [0.1, 0.15) is 11.0 Å². The highest BCUT2D eigenvalue weighted by molar-refractivity contribution is 6.29. The molecule has 1 saturated carbocycles. The van der Waals surface area contributed by atoms with Gasteiger partial charge in [0, 0.05) is 24.2 Å². The third-order valence-corrected chi connectivity index (χ3v) is 3.89. The minimum Gasteiger partial charge on any atom is -0.261 e. The van der Waals surface area contributed by atoms with Crippen LogP contribution in [0.5, 0.6) is 0 Å². The molecular weight excluding hydrogens is 279 g/mol. The first-order valence-corrected chi connectivity index (χ1v) is 6.70. The van der Waals surface area contributed by atoms with E-state index in [9.17, 15) is 4.39 Å². The standard InChI is InChI=1S/C14H10ClFN4/c15-13-5-12(14-18-1-2-20(14)19-13)11-4-10(11)8-3-9(16)7-17-6-8/h1-3,5-7,10-11H,4H2. The van der Waals surface area contributed by atoms with Crippen LogP contribution in [-0.2, 0) is 0 Å². The van der Waals surface area contributed by atoms with Crippen LogP contribution in [0.25, 0.3) is 5.65 Å². The van der Waals surface area contributed by atoms with Crippen LogP contribution >= 0.6 is 11.6 Å². The normalized spacial score (nSPS) is 21.3. The van der Waals surface area contributed by atoms with Gasteiger partial charge < -0.3 is 0 Å². The van der Waals surface area contributed by atoms with Gasteiger partial charge in [-0.15, -0.1) is 0 Å². The molecule has 3 heterocycles. The zero-order chi connectivity index (χ0) is 13.7. The summed E-state index contributed by atoms with van der Waals surface area (Å²) < 4.78 is 14.9. The molecule has 0 spiro atoms. The maximum Gasteiger partial charge on any atom is 0.157 e. The number of fused-ring (bicyclic) bond motifs is 1. The Kier molecular flexibility index (Phi) is 2.50. The van der Waals surface area contributed by atoms with Gasteiger partial charge in [0.2, 0.25) is 0 Å². The lowest BCUT2D eigenvalue weighted by molar-refractivity contribution is 0.618. The molecule has 1 fully saturated rings. The molecule has 0 amide bonds. The molecule has 0 aliphatic heterocycles. The molecule has 1 aliphatic rings. The van der Waals surface area contributed by atoms with Crippen LogP contribution in [-0.4, -0.2) is 19.6 Å². The van der Waals surface area contributed by atoms with Gasteiger partial charge in [0.05, 0.1) is 6.20 Å². The smallest absolute Gasteiger partial charge is 0.157 e. The molecule has 0 N–H and O–H groups in total. The SMILES string of the molecule is Fc1cncc(C2CC2c2cc(Cl)nn3ccnc23)c1. The highest BCUT2D eigenvalue weighted by atomic mass is 35.5. The quantitative estimate of drug-likeness (QED) is 0.727. The Bertz CT molecular complexity index is 801. The minimum absolute atomic E-state index is 0.275. The van der Waals surface area contributed by atoms with Gasteiger partial charge in [-0.3, -0.25) is 4.98 Å². The molecule has 0 bridgehead atoms. The van der Waals surface area contributed by atoms with Gasteiger partial charge in [-0.25, -0.2) is 13.9 Å². The van der Waals surface area contributed by atoms with E-state index in [1.54, 1.807) is 29.2 Å². The van der Waals surface area contributed by atoms with E-state index in [2.05, 4.69) is 15.1 Å². The molecule has 20 heavy (non-hydrogen) atoms. The van der Waals surface area contributed by atoms with E-state index < -0.39 is 0 Å². The van der Waals surface area contributed by atoms with Crippen molar-refractivity contribution in [3.05, 3.63) is 59.0 Å². The number of hydrogen-bond donors (Lipinski definition) is 0. The van der Waals surface area contributed by atoms with E-state index in [1.807, 2.05) is 6.07 Å². The summed E-state index contributed by atoms with van der Waals surface area (Å²) in [5.74, 6) is 0.271. The Labute approximate surface area is 119 Å². The summed E-state index contributed by atoms with van der Waals surface area (Å²) in [6, 6.07) is 3.39. The molecule has 1 aliphatic carbocycles. The van der Waals surface area contributed by atoms with Crippen molar-refractivity contribution >= 4 is 17.2 Å². The number of imidazole rings is 1. The van der Waals surface area contributed by atoms with E-state index in [-0.39, 0.29) is 11.7 Å². The molecule has 3 aromatic heterocycles. The van der Waals surface area contributed by atoms with Crippen LogP contribution in [0.15, 0.2) is 36.9 Å². The van der Waals surface area contributed by atoms with Gasteiger partial charge in [-0.1, -0.05) is 11.6 Å². The van der Waals surface area contributed by atoms with Gasteiger partial charge in [0.15, 0.2) is 5.65 Å². The van der Waals surface area contributed by atoms with Crippen molar-refractivity contribution < 1.29 is 4.39 Å². The topological polar surface area (TPSA) is 43.1 Å². The molecule has 2 unspecified atom stereocenters. The summed E-state index contributed by atoms with van der Waals surface area (Å²) in [6.45, 7) is 0. The molecule has 0 radical (unpaired) electrons. The van der Waals surface area contributed by atoms with E-state index in [1.165, 1.54) is 6.20 Å². The van der Waals surface area contributed by atoms with Crippen molar-refractivity contribution in [3.63, 3.8) is 0 Å². The van der Waals surface area contributed by atoms with Crippen molar-refractivity contribution in [1.82, 2.24) is 19.6 Å². The summed E-state index contributed by atoms with van der Waals surface area (Å²) in [6.07, 6.45) is 7.36. The van der Waals surface area contributed by atoms with E-state index in [0.717, 1.165) is 23.2 Å². The Hall–Kier alpha value is -2.01. The first-order chi connectivity index (χ1) is 9.72. The number of rotatable bonds is 2. The van der Waals surface area contributed by atoms with Crippen molar-refractivity contribution in [3.8, 4) is 0 Å². The van der Waals surface area contributed by atoms with Crippen LogP contribution in [0, 0.1) is 5.82 Å². The molecule has 0 saturated heterocycles. The lowest BCUT2D eigenvalue weighted by atomic mass is 10.1. The lowest BCUT2D eigenvalue weighted by Crippen LogP contribution is -1.97. The molecule has 4 rings (SSSR count). The number of pyridine rings is 1. The number of halogens is 2. The Morgan fingerprint density at radius 3 is 3.00 bits per heavy atom. The molecule has 3 aromatic rings. The van der Waals surface area contributed by atoms with Crippen LogP contribution in [0.2, 0.25) is 5.15 Å². The number of hydrogen-bond acceptors (Lipinski definition) is 3. The van der Waals surface area contributed by atoms with Crippen LogP contribution < -0.4 is 0 Å². The monoisotopic (exact) mass is 288 g/mol. The van der Waals surface area contributed by atoms with Gasteiger partial charge >= 0.3 is 0 Å². The second-order valence-electron chi connectivity index (χ2n) is 5.00. The van der Waals surface area contributed by atoms with Crippen LogP contribution in [0.1, 0.15) is 29.4 Å². The number of aromatic nitrogens is 4. The van der Waals surface area contributed by atoms with E-state index in [4.69, 9.17) is 11.6 Å². The number of nitrogens with zero attached hydrogens (tertiary/aromatic N) is 4. The average molecular weight is 289 g/mol.